The molecule has 3 N–H and O–H groups in total. The molecule has 0 bridgehead atoms. The summed E-state index contributed by atoms with van der Waals surface area (Å²) in [6.45, 7) is 2.59. The second-order valence-electron chi connectivity index (χ2n) is 6.23. The lowest BCUT2D eigenvalue weighted by Gasteiger charge is -2.26. The van der Waals surface area contributed by atoms with Crippen molar-refractivity contribution in [1.29, 1.82) is 0 Å². The molecule has 0 radical (unpaired) electrons. The number of carbonyl (C=O) groups is 1. The number of piperidine rings is 1. The van der Waals surface area contributed by atoms with E-state index in [4.69, 9.17) is 4.74 Å². The number of aliphatic hydroxyl groups excluding tert-OH is 1. The summed E-state index contributed by atoms with van der Waals surface area (Å²) >= 11 is 0. The third-order valence-corrected chi connectivity index (χ3v) is 4.16. The first-order chi connectivity index (χ1) is 11.6. The highest BCUT2D eigenvalue weighted by molar-refractivity contribution is 5.74. The average Bonchev–Trinajstić information content (AvgIpc) is 2.61. The number of urea groups is 1. The van der Waals surface area contributed by atoms with Crippen LogP contribution in [0.25, 0.3) is 0 Å². The standard InChI is InChI=1S/C18H28N2O4/c21-15-7-9-17(10-8-15)24-14-16(22)6-2-3-11-19-18(23)20-12-4-1-5-13-20/h7-10,16,21-22H,1-6,11-14H2,(H,19,23). The Morgan fingerprint density at radius 2 is 1.88 bits per heavy atom. The van der Waals surface area contributed by atoms with Crippen LogP contribution in [0.5, 0.6) is 11.5 Å². The van der Waals surface area contributed by atoms with Crippen molar-refractivity contribution in [3.8, 4) is 11.5 Å². The van der Waals surface area contributed by atoms with Gasteiger partial charge >= 0.3 is 6.03 Å². The lowest BCUT2D eigenvalue weighted by atomic mass is 10.1. The highest BCUT2D eigenvalue weighted by Gasteiger charge is 2.15. The molecule has 24 heavy (non-hydrogen) atoms. The number of phenolic OH excluding ortho intramolecular Hbond substituents is 1. The molecule has 1 fully saturated rings. The Kier molecular flexibility index (Phi) is 7.68. The molecule has 1 aliphatic rings. The first kappa shape index (κ1) is 18.4. The molecule has 2 rings (SSSR count). The number of aliphatic hydroxyl groups is 1. The third-order valence-electron chi connectivity index (χ3n) is 4.16. The molecule has 134 valence electrons. The zero-order chi connectivity index (χ0) is 17.2. The normalized spacial score (nSPS) is 15.8. The number of phenols is 1. The number of aromatic hydroxyl groups is 1. The number of hydrogen-bond donors (Lipinski definition) is 3. The SMILES string of the molecule is O=C(NCCCCC(O)COc1ccc(O)cc1)N1CCCCC1. The van der Waals surface area contributed by atoms with E-state index >= 15 is 0 Å². The van der Waals surface area contributed by atoms with Crippen molar-refractivity contribution in [1.82, 2.24) is 10.2 Å². The Balaban J connectivity index is 1.50. The van der Waals surface area contributed by atoms with Gasteiger partial charge < -0.3 is 25.2 Å². The van der Waals surface area contributed by atoms with Crippen LogP contribution < -0.4 is 10.1 Å². The van der Waals surface area contributed by atoms with Crippen LogP contribution in [-0.4, -0.2) is 53.5 Å². The quantitative estimate of drug-likeness (QED) is 0.637. The fourth-order valence-corrected chi connectivity index (χ4v) is 2.73. The molecule has 0 aromatic heterocycles. The van der Waals surface area contributed by atoms with Crippen LogP contribution in [0.4, 0.5) is 4.79 Å². The second kappa shape index (κ2) is 10.0. The van der Waals surface area contributed by atoms with Crippen molar-refractivity contribution in [2.24, 2.45) is 0 Å². The van der Waals surface area contributed by atoms with Crippen molar-refractivity contribution in [2.45, 2.75) is 44.6 Å². The molecule has 1 aromatic carbocycles. The Bertz CT molecular complexity index is 486. The summed E-state index contributed by atoms with van der Waals surface area (Å²) in [7, 11) is 0. The van der Waals surface area contributed by atoms with Gasteiger partial charge in [-0.3, -0.25) is 0 Å². The summed E-state index contributed by atoms with van der Waals surface area (Å²) in [6.07, 6.45) is 5.19. The number of likely N-dealkylation sites (tertiary alicyclic amines) is 1. The number of ether oxygens (including phenoxy) is 1. The van der Waals surface area contributed by atoms with Crippen molar-refractivity contribution >= 4 is 6.03 Å². The minimum atomic E-state index is -0.531. The van der Waals surface area contributed by atoms with Crippen molar-refractivity contribution < 1.29 is 19.7 Å². The predicted molar refractivity (Wildman–Crippen MR) is 92.3 cm³/mol. The van der Waals surface area contributed by atoms with Crippen molar-refractivity contribution in [3.63, 3.8) is 0 Å². The lowest BCUT2D eigenvalue weighted by molar-refractivity contribution is 0.0976. The van der Waals surface area contributed by atoms with E-state index in [1.165, 1.54) is 6.42 Å². The monoisotopic (exact) mass is 336 g/mol. The van der Waals surface area contributed by atoms with Gasteiger partial charge in [-0.15, -0.1) is 0 Å². The minimum Gasteiger partial charge on any atom is -0.508 e. The minimum absolute atomic E-state index is 0.0333. The summed E-state index contributed by atoms with van der Waals surface area (Å²) < 4.78 is 5.46. The molecule has 1 unspecified atom stereocenters. The molecule has 1 atom stereocenters. The number of benzene rings is 1. The number of rotatable bonds is 8. The van der Waals surface area contributed by atoms with E-state index in [2.05, 4.69) is 5.32 Å². The Morgan fingerprint density at radius 3 is 2.58 bits per heavy atom. The van der Waals surface area contributed by atoms with Gasteiger partial charge in [-0.25, -0.2) is 4.79 Å². The summed E-state index contributed by atoms with van der Waals surface area (Å²) in [6, 6.07) is 6.46. The Hall–Kier alpha value is -1.95. The number of nitrogens with zero attached hydrogens (tertiary/aromatic N) is 1. The van der Waals surface area contributed by atoms with Gasteiger partial charge in [0.15, 0.2) is 0 Å². The highest BCUT2D eigenvalue weighted by atomic mass is 16.5. The first-order valence-corrected chi connectivity index (χ1v) is 8.78. The first-order valence-electron chi connectivity index (χ1n) is 8.78. The summed E-state index contributed by atoms with van der Waals surface area (Å²) in [5.74, 6) is 0.815. The van der Waals surface area contributed by atoms with E-state index in [1.54, 1.807) is 24.3 Å². The topological polar surface area (TPSA) is 82.0 Å². The zero-order valence-electron chi connectivity index (χ0n) is 14.1. The predicted octanol–water partition coefficient (Wildman–Crippen LogP) is 2.50. The molecular formula is C18H28N2O4. The van der Waals surface area contributed by atoms with Crippen LogP contribution in [0.2, 0.25) is 0 Å². The number of carbonyl (C=O) groups excluding carboxylic acids is 1. The molecule has 6 nitrogen and oxygen atoms in total. The van der Waals surface area contributed by atoms with Crippen LogP contribution in [0, 0.1) is 0 Å². The van der Waals surface area contributed by atoms with E-state index in [0.29, 0.717) is 18.7 Å². The average molecular weight is 336 g/mol. The Labute approximate surface area is 143 Å². The Morgan fingerprint density at radius 1 is 1.17 bits per heavy atom. The molecule has 0 aliphatic carbocycles. The molecule has 0 saturated carbocycles. The number of nitrogens with one attached hydrogen (secondary N) is 1. The third kappa shape index (κ3) is 6.66. The highest BCUT2D eigenvalue weighted by Crippen LogP contribution is 2.16. The van der Waals surface area contributed by atoms with Gasteiger partial charge in [0.1, 0.15) is 18.1 Å². The number of hydrogen-bond acceptors (Lipinski definition) is 4. The molecular weight excluding hydrogens is 308 g/mol. The van der Waals surface area contributed by atoms with Crippen LogP contribution in [0.15, 0.2) is 24.3 Å². The van der Waals surface area contributed by atoms with E-state index in [1.807, 2.05) is 4.90 Å². The van der Waals surface area contributed by atoms with Crippen LogP contribution in [0.1, 0.15) is 38.5 Å². The van der Waals surface area contributed by atoms with Gasteiger partial charge in [0, 0.05) is 19.6 Å². The number of amides is 2. The van der Waals surface area contributed by atoms with E-state index in [0.717, 1.165) is 38.8 Å². The van der Waals surface area contributed by atoms with Gasteiger partial charge in [-0.1, -0.05) is 0 Å². The fraction of sp³-hybridized carbons (Fsp3) is 0.611. The molecule has 2 amide bonds. The van der Waals surface area contributed by atoms with Gasteiger partial charge in [0.05, 0.1) is 6.10 Å². The van der Waals surface area contributed by atoms with Gasteiger partial charge in [-0.05, 0) is 62.8 Å². The van der Waals surface area contributed by atoms with Gasteiger partial charge in [-0.2, -0.15) is 0 Å². The van der Waals surface area contributed by atoms with Crippen molar-refractivity contribution in [2.75, 3.05) is 26.2 Å². The summed E-state index contributed by atoms with van der Waals surface area (Å²) in [5, 5.41) is 22.0. The maximum absolute atomic E-state index is 11.9. The molecule has 1 aliphatic heterocycles. The molecule has 0 spiro atoms. The summed E-state index contributed by atoms with van der Waals surface area (Å²) in [4.78, 5) is 13.8. The zero-order valence-corrected chi connectivity index (χ0v) is 14.1. The molecule has 1 aromatic rings. The molecule has 1 saturated heterocycles. The molecule has 6 heteroatoms. The van der Waals surface area contributed by atoms with Gasteiger partial charge in [0.25, 0.3) is 0 Å². The van der Waals surface area contributed by atoms with Crippen LogP contribution >= 0.6 is 0 Å². The number of unbranched alkanes of at least 4 members (excludes halogenated alkanes) is 1. The second-order valence-corrected chi connectivity index (χ2v) is 6.23. The van der Waals surface area contributed by atoms with Gasteiger partial charge in [0.2, 0.25) is 0 Å². The van der Waals surface area contributed by atoms with Crippen LogP contribution in [-0.2, 0) is 0 Å². The smallest absolute Gasteiger partial charge is 0.317 e. The van der Waals surface area contributed by atoms with E-state index < -0.39 is 6.10 Å². The van der Waals surface area contributed by atoms with E-state index in [9.17, 15) is 15.0 Å². The fourth-order valence-electron chi connectivity index (χ4n) is 2.73. The maximum atomic E-state index is 11.9. The summed E-state index contributed by atoms with van der Waals surface area (Å²) in [5.41, 5.74) is 0. The maximum Gasteiger partial charge on any atom is 0.317 e. The molecule has 1 heterocycles. The van der Waals surface area contributed by atoms with E-state index in [-0.39, 0.29) is 18.4 Å². The largest absolute Gasteiger partial charge is 0.508 e. The lowest BCUT2D eigenvalue weighted by Crippen LogP contribution is -2.43. The van der Waals surface area contributed by atoms with Crippen LogP contribution in [0.3, 0.4) is 0 Å². The van der Waals surface area contributed by atoms with Crippen molar-refractivity contribution in [3.05, 3.63) is 24.3 Å².